The molecule has 0 aliphatic carbocycles. The fourth-order valence-electron chi connectivity index (χ4n) is 2.11. The molecule has 0 bridgehead atoms. The van der Waals surface area contributed by atoms with Crippen LogP contribution in [0.2, 0.25) is 0 Å². The van der Waals surface area contributed by atoms with E-state index in [9.17, 15) is 4.39 Å². The number of guanidine groups is 1. The van der Waals surface area contributed by atoms with Crippen molar-refractivity contribution in [2.45, 2.75) is 26.5 Å². The lowest BCUT2D eigenvalue weighted by molar-refractivity contribution is 0.223. The van der Waals surface area contributed by atoms with Crippen molar-refractivity contribution < 1.29 is 9.13 Å². The standard InChI is InChI=1S/C17H24FN5O/c1-4-19-17(21-12-15-8-9-22-23(15)3)20-11-13(2)24-16-7-5-6-14(18)10-16/h5-10,13H,4,11-12H2,1-3H3,(H2,19,20,21). The van der Waals surface area contributed by atoms with Gasteiger partial charge < -0.3 is 15.4 Å². The van der Waals surface area contributed by atoms with E-state index in [1.807, 2.05) is 27.0 Å². The molecule has 1 heterocycles. The Hall–Kier alpha value is -2.57. The van der Waals surface area contributed by atoms with Crippen molar-refractivity contribution in [3.05, 3.63) is 48.0 Å². The van der Waals surface area contributed by atoms with Crippen LogP contribution in [0.1, 0.15) is 19.5 Å². The summed E-state index contributed by atoms with van der Waals surface area (Å²) < 4.78 is 20.7. The molecule has 0 aliphatic heterocycles. The Morgan fingerprint density at radius 2 is 2.21 bits per heavy atom. The van der Waals surface area contributed by atoms with Crippen molar-refractivity contribution in [3.8, 4) is 5.75 Å². The van der Waals surface area contributed by atoms with Gasteiger partial charge in [-0.05, 0) is 32.0 Å². The molecule has 0 spiro atoms. The van der Waals surface area contributed by atoms with Gasteiger partial charge >= 0.3 is 0 Å². The highest BCUT2D eigenvalue weighted by molar-refractivity contribution is 5.79. The smallest absolute Gasteiger partial charge is 0.191 e. The molecule has 24 heavy (non-hydrogen) atoms. The number of aromatic nitrogens is 2. The maximum absolute atomic E-state index is 13.2. The molecule has 1 unspecified atom stereocenters. The Morgan fingerprint density at radius 3 is 2.88 bits per heavy atom. The van der Waals surface area contributed by atoms with Crippen LogP contribution in [0.3, 0.4) is 0 Å². The lowest BCUT2D eigenvalue weighted by atomic mass is 10.3. The van der Waals surface area contributed by atoms with Gasteiger partial charge in [0.15, 0.2) is 5.96 Å². The second-order valence-corrected chi connectivity index (χ2v) is 5.41. The highest BCUT2D eigenvalue weighted by Crippen LogP contribution is 2.13. The normalized spacial score (nSPS) is 12.8. The number of benzene rings is 1. The Morgan fingerprint density at radius 1 is 1.38 bits per heavy atom. The van der Waals surface area contributed by atoms with Gasteiger partial charge in [0, 0.05) is 25.9 Å². The number of aryl methyl sites for hydroxylation is 1. The van der Waals surface area contributed by atoms with E-state index in [1.54, 1.807) is 23.0 Å². The molecular formula is C17H24FN5O. The number of hydrogen-bond donors (Lipinski definition) is 2. The molecule has 1 aromatic carbocycles. The van der Waals surface area contributed by atoms with E-state index in [-0.39, 0.29) is 11.9 Å². The predicted octanol–water partition coefficient (Wildman–Crippen LogP) is 2.08. The zero-order valence-corrected chi connectivity index (χ0v) is 14.3. The van der Waals surface area contributed by atoms with Gasteiger partial charge in [0.25, 0.3) is 0 Å². The van der Waals surface area contributed by atoms with E-state index in [0.29, 0.717) is 24.8 Å². The highest BCUT2D eigenvalue weighted by Gasteiger charge is 2.07. The van der Waals surface area contributed by atoms with E-state index >= 15 is 0 Å². The van der Waals surface area contributed by atoms with Gasteiger partial charge in [0.05, 0.1) is 18.8 Å². The molecule has 0 saturated heterocycles. The number of halogens is 1. The third-order valence-corrected chi connectivity index (χ3v) is 3.36. The molecule has 1 aromatic heterocycles. The van der Waals surface area contributed by atoms with Gasteiger partial charge in [0.2, 0.25) is 0 Å². The Labute approximate surface area is 141 Å². The number of hydrogen-bond acceptors (Lipinski definition) is 3. The first-order valence-electron chi connectivity index (χ1n) is 7.99. The van der Waals surface area contributed by atoms with Gasteiger partial charge in [-0.3, -0.25) is 4.68 Å². The molecule has 7 heteroatoms. The summed E-state index contributed by atoms with van der Waals surface area (Å²) in [6.45, 7) is 5.77. The second kappa shape index (κ2) is 8.90. The van der Waals surface area contributed by atoms with E-state index in [4.69, 9.17) is 4.74 Å². The third-order valence-electron chi connectivity index (χ3n) is 3.36. The van der Waals surface area contributed by atoms with Crippen LogP contribution in [0.4, 0.5) is 4.39 Å². The lowest BCUT2D eigenvalue weighted by Gasteiger charge is -2.17. The SMILES string of the molecule is CCNC(=NCc1ccnn1C)NCC(C)Oc1cccc(F)c1. The van der Waals surface area contributed by atoms with Gasteiger partial charge in [-0.25, -0.2) is 9.38 Å². The van der Waals surface area contributed by atoms with Gasteiger partial charge in [0.1, 0.15) is 17.7 Å². The van der Waals surface area contributed by atoms with Crippen molar-refractivity contribution >= 4 is 5.96 Å². The summed E-state index contributed by atoms with van der Waals surface area (Å²) in [6.07, 6.45) is 1.62. The number of nitrogens with zero attached hydrogens (tertiary/aromatic N) is 3. The van der Waals surface area contributed by atoms with E-state index in [0.717, 1.165) is 12.2 Å². The maximum Gasteiger partial charge on any atom is 0.191 e. The molecule has 0 amide bonds. The van der Waals surface area contributed by atoms with Crippen molar-refractivity contribution in [2.24, 2.45) is 12.0 Å². The summed E-state index contributed by atoms with van der Waals surface area (Å²) in [5, 5.41) is 10.5. The van der Waals surface area contributed by atoms with Crippen LogP contribution >= 0.6 is 0 Å². The fourth-order valence-corrected chi connectivity index (χ4v) is 2.11. The second-order valence-electron chi connectivity index (χ2n) is 5.41. The first kappa shape index (κ1) is 17.8. The summed E-state index contributed by atoms with van der Waals surface area (Å²) in [4.78, 5) is 4.53. The molecule has 2 rings (SSSR count). The summed E-state index contributed by atoms with van der Waals surface area (Å²) in [5.41, 5.74) is 1.02. The van der Waals surface area contributed by atoms with Crippen LogP contribution in [0.15, 0.2) is 41.5 Å². The molecular weight excluding hydrogens is 309 g/mol. The minimum Gasteiger partial charge on any atom is -0.489 e. The largest absolute Gasteiger partial charge is 0.489 e. The molecule has 0 radical (unpaired) electrons. The Kier molecular flexibility index (Phi) is 6.60. The zero-order chi connectivity index (χ0) is 17.4. The van der Waals surface area contributed by atoms with Crippen LogP contribution in [-0.2, 0) is 13.6 Å². The van der Waals surface area contributed by atoms with E-state index in [2.05, 4.69) is 20.7 Å². The van der Waals surface area contributed by atoms with Crippen LogP contribution < -0.4 is 15.4 Å². The molecule has 6 nitrogen and oxygen atoms in total. The monoisotopic (exact) mass is 333 g/mol. The first-order chi connectivity index (χ1) is 11.6. The molecule has 130 valence electrons. The fraction of sp³-hybridized carbons (Fsp3) is 0.412. The van der Waals surface area contributed by atoms with Crippen molar-refractivity contribution in [1.82, 2.24) is 20.4 Å². The number of ether oxygens (including phenoxy) is 1. The van der Waals surface area contributed by atoms with Crippen molar-refractivity contribution in [3.63, 3.8) is 0 Å². The highest BCUT2D eigenvalue weighted by atomic mass is 19.1. The third kappa shape index (κ3) is 5.57. The van der Waals surface area contributed by atoms with E-state index < -0.39 is 0 Å². The molecule has 1 atom stereocenters. The summed E-state index contributed by atoms with van der Waals surface area (Å²) >= 11 is 0. The molecule has 2 aromatic rings. The predicted molar refractivity (Wildman–Crippen MR) is 92.5 cm³/mol. The van der Waals surface area contributed by atoms with Gasteiger partial charge in [-0.2, -0.15) is 5.10 Å². The zero-order valence-electron chi connectivity index (χ0n) is 14.3. The number of nitrogens with one attached hydrogen (secondary N) is 2. The van der Waals surface area contributed by atoms with Crippen LogP contribution in [-0.4, -0.2) is 34.9 Å². The maximum atomic E-state index is 13.2. The Bertz CT molecular complexity index is 671. The molecule has 0 aliphatic rings. The molecule has 2 N–H and O–H groups in total. The first-order valence-corrected chi connectivity index (χ1v) is 7.99. The lowest BCUT2D eigenvalue weighted by Crippen LogP contribution is -2.41. The minimum absolute atomic E-state index is 0.132. The van der Waals surface area contributed by atoms with Crippen molar-refractivity contribution in [1.29, 1.82) is 0 Å². The summed E-state index contributed by atoms with van der Waals surface area (Å²) in [5.74, 6) is 0.910. The van der Waals surface area contributed by atoms with Gasteiger partial charge in [-0.15, -0.1) is 0 Å². The summed E-state index contributed by atoms with van der Waals surface area (Å²) in [6, 6.07) is 8.07. The summed E-state index contributed by atoms with van der Waals surface area (Å²) in [7, 11) is 1.89. The van der Waals surface area contributed by atoms with Crippen LogP contribution in [0.5, 0.6) is 5.75 Å². The average molecular weight is 333 g/mol. The number of rotatable bonds is 7. The molecule has 0 saturated carbocycles. The van der Waals surface area contributed by atoms with Gasteiger partial charge in [-0.1, -0.05) is 6.07 Å². The van der Waals surface area contributed by atoms with Crippen LogP contribution in [0, 0.1) is 5.82 Å². The number of aliphatic imine (C=N–C) groups is 1. The van der Waals surface area contributed by atoms with Crippen LogP contribution in [0.25, 0.3) is 0 Å². The minimum atomic E-state index is -0.307. The quantitative estimate of drug-likeness (QED) is 0.601. The average Bonchev–Trinajstić information content (AvgIpc) is 2.95. The van der Waals surface area contributed by atoms with Crippen molar-refractivity contribution in [2.75, 3.05) is 13.1 Å². The molecule has 0 fully saturated rings. The Balaban J connectivity index is 1.87. The topological polar surface area (TPSA) is 63.5 Å². The van der Waals surface area contributed by atoms with E-state index in [1.165, 1.54) is 12.1 Å².